The fourth-order valence-electron chi connectivity index (χ4n) is 2.93. The highest BCUT2D eigenvalue weighted by Crippen LogP contribution is 2.33. The standard InChI is InChI=1S/C13H17N3O2/c1-9-6-10-3-5-16(7-12(10)18-9)13(17)11-2-4-14-8-15-11/h2,4,8-10,12H,3,5-7H2,1H3/t9-,10+,12-/m1/s1. The minimum absolute atomic E-state index is 0.0148. The van der Waals surface area contributed by atoms with Gasteiger partial charge in [-0.2, -0.15) is 0 Å². The number of aromatic nitrogens is 2. The van der Waals surface area contributed by atoms with Crippen molar-refractivity contribution in [1.29, 1.82) is 0 Å². The summed E-state index contributed by atoms with van der Waals surface area (Å²) in [6, 6.07) is 1.66. The zero-order valence-electron chi connectivity index (χ0n) is 10.5. The summed E-state index contributed by atoms with van der Waals surface area (Å²) < 4.78 is 5.85. The van der Waals surface area contributed by atoms with E-state index in [1.807, 2.05) is 4.90 Å². The SMILES string of the molecule is C[C@@H]1C[C@@H]2CCN(C(=O)c3ccncn3)C[C@H]2O1. The normalized spacial score (nSPS) is 31.2. The Bertz CT molecular complexity index is 437. The second kappa shape index (κ2) is 4.65. The maximum Gasteiger partial charge on any atom is 0.272 e. The second-order valence-corrected chi connectivity index (χ2v) is 5.12. The number of hydrogen-bond acceptors (Lipinski definition) is 4. The monoisotopic (exact) mass is 247 g/mol. The number of likely N-dealkylation sites (tertiary alicyclic amines) is 1. The molecular weight excluding hydrogens is 230 g/mol. The molecule has 1 aromatic heterocycles. The molecule has 0 unspecified atom stereocenters. The maximum absolute atomic E-state index is 12.2. The van der Waals surface area contributed by atoms with Crippen LogP contribution in [0.1, 0.15) is 30.3 Å². The third kappa shape index (κ3) is 2.10. The number of amides is 1. The summed E-state index contributed by atoms with van der Waals surface area (Å²) in [5.74, 6) is 0.605. The van der Waals surface area contributed by atoms with Gasteiger partial charge in [0.25, 0.3) is 5.91 Å². The van der Waals surface area contributed by atoms with Crippen LogP contribution in [0.15, 0.2) is 18.6 Å². The first-order valence-corrected chi connectivity index (χ1v) is 6.45. The number of rotatable bonds is 1. The predicted octanol–water partition coefficient (Wildman–Crippen LogP) is 1.12. The van der Waals surface area contributed by atoms with Gasteiger partial charge in [0.15, 0.2) is 0 Å². The highest BCUT2D eigenvalue weighted by molar-refractivity contribution is 5.92. The highest BCUT2D eigenvalue weighted by Gasteiger charge is 2.38. The van der Waals surface area contributed by atoms with Gasteiger partial charge in [0.1, 0.15) is 12.0 Å². The number of hydrogen-bond donors (Lipinski definition) is 0. The molecule has 2 saturated heterocycles. The van der Waals surface area contributed by atoms with Crippen LogP contribution < -0.4 is 0 Å². The molecule has 0 spiro atoms. The lowest BCUT2D eigenvalue weighted by atomic mass is 9.92. The molecule has 3 atom stereocenters. The summed E-state index contributed by atoms with van der Waals surface area (Å²) >= 11 is 0. The van der Waals surface area contributed by atoms with Crippen LogP contribution in [0.25, 0.3) is 0 Å². The zero-order chi connectivity index (χ0) is 12.5. The average Bonchev–Trinajstić information content (AvgIpc) is 2.78. The van der Waals surface area contributed by atoms with Crippen molar-refractivity contribution < 1.29 is 9.53 Å². The van der Waals surface area contributed by atoms with Crippen LogP contribution in [0.2, 0.25) is 0 Å². The van der Waals surface area contributed by atoms with E-state index in [4.69, 9.17) is 4.74 Å². The molecule has 0 N–H and O–H groups in total. The third-order valence-corrected chi connectivity index (χ3v) is 3.83. The van der Waals surface area contributed by atoms with Crippen LogP contribution >= 0.6 is 0 Å². The summed E-state index contributed by atoms with van der Waals surface area (Å²) in [6.07, 6.45) is 5.70. The first-order chi connectivity index (χ1) is 8.74. The van der Waals surface area contributed by atoms with Gasteiger partial charge in [-0.25, -0.2) is 9.97 Å². The van der Waals surface area contributed by atoms with E-state index in [0.717, 1.165) is 19.4 Å². The molecule has 2 fully saturated rings. The molecular formula is C13H17N3O2. The third-order valence-electron chi connectivity index (χ3n) is 3.83. The minimum Gasteiger partial charge on any atom is -0.373 e. The zero-order valence-corrected chi connectivity index (χ0v) is 10.5. The Balaban J connectivity index is 1.70. The average molecular weight is 247 g/mol. The van der Waals surface area contributed by atoms with E-state index in [1.54, 1.807) is 12.3 Å². The Morgan fingerprint density at radius 2 is 2.44 bits per heavy atom. The first kappa shape index (κ1) is 11.6. The van der Waals surface area contributed by atoms with Crippen LogP contribution in [0.3, 0.4) is 0 Å². The van der Waals surface area contributed by atoms with Crippen LogP contribution in [-0.2, 0) is 4.74 Å². The number of piperidine rings is 1. The topological polar surface area (TPSA) is 55.3 Å². The molecule has 0 aromatic carbocycles. The Labute approximate surface area is 106 Å². The van der Waals surface area contributed by atoms with Gasteiger partial charge in [0, 0.05) is 19.3 Å². The lowest BCUT2D eigenvalue weighted by Crippen LogP contribution is -2.45. The molecule has 5 heteroatoms. The maximum atomic E-state index is 12.2. The molecule has 18 heavy (non-hydrogen) atoms. The first-order valence-electron chi connectivity index (χ1n) is 6.45. The Kier molecular flexibility index (Phi) is 2.99. The molecule has 0 saturated carbocycles. The smallest absolute Gasteiger partial charge is 0.272 e. The highest BCUT2D eigenvalue weighted by atomic mass is 16.5. The van der Waals surface area contributed by atoms with Crippen molar-refractivity contribution in [2.24, 2.45) is 5.92 Å². The van der Waals surface area contributed by atoms with E-state index in [1.165, 1.54) is 6.33 Å². The molecule has 0 aliphatic carbocycles. The molecule has 3 heterocycles. The van der Waals surface area contributed by atoms with E-state index in [0.29, 0.717) is 24.3 Å². The van der Waals surface area contributed by atoms with Crippen molar-refractivity contribution in [2.45, 2.75) is 32.0 Å². The van der Waals surface area contributed by atoms with E-state index in [9.17, 15) is 4.79 Å². The molecule has 5 nitrogen and oxygen atoms in total. The van der Waals surface area contributed by atoms with Crippen LogP contribution in [0.5, 0.6) is 0 Å². The summed E-state index contributed by atoms with van der Waals surface area (Å²) in [7, 11) is 0. The van der Waals surface area contributed by atoms with Crippen molar-refractivity contribution in [3.8, 4) is 0 Å². The molecule has 1 amide bonds. The van der Waals surface area contributed by atoms with E-state index < -0.39 is 0 Å². The number of carbonyl (C=O) groups excluding carboxylic acids is 1. The summed E-state index contributed by atoms with van der Waals surface area (Å²) in [6.45, 7) is 3.60. The summed E-state index contributed by atoms with van der Waals surface area (Å²) in [5.41, 5.74) is 0.467. The minimum atomic E-state index is -0.0148. The number of fused-ring (bicyclic) bond motifs is 1. The van der Waals surface area contributed by atoms with Gasteiger partial charge >= 0.3 is 0 Å². The molecule has 2 aliphatic heterocycles. The quantitative estimate of drug-likeness (QED) is 0.746. The van der Waals surface area contributed by atoms with Crippen LogP contribution in [-0.4, -0.2) is 46.1 Å². The molecule has 2 aliphatic rings. The van der Waals surface area contributed by atoms with Crippen LogP contribution in [0, 0.1) is 5.92 Å². The van der Waals surface area contributed by atoms with E-state index in [2.05, 4.69) is 16.9 Å². The van der Waals surface area contributed by atoms with Crippen molar-refractivity contribution >= 4 is 5.91 Å². The van der Waals surface area contributed by atoms with Gasteiger partial charge in [-0.15, -0.1) is 0 Å². The predicted molar refractivity (Wildman–Crippen MR) is 65.0 cm³/mol. The van der Waals surface area contributed by atoms with Crippen LogP contribution in [0.4, 0.5) is 0 Å². The molecule has 3 rings (SSSR count). The van der Waals surface area contributed by atoms with Gasteiger partial charge in [0.05, 0.1) is 12.2 Å². The molecule has 0 radical (unpaired) electrons. The lowest BCUT2D eigenvalue weighted by molar-refractivity contribution is 0.00138. The number of nitrogens with zero attached hydrogens (tertiary/aromatic N) is 3. The fourth-order valence-corrected chi connectivity index (χ4v) is 2.93. The van der Waals surface area contributed by atoms with Gasteiger partial charge in [-0.1, -0.05) is 0 Å². The van der Waals surface area contributed by atoms with E-state index >= 15 is 0 Å². The Morgan fingerprint density at radius 3 is 3.22 bits per heavy atom. The summed E-state index contributed by atoms with van der Waals surface area (Å²) in [4.78, 5) is 21.9. The molecule has 1 aromatic rings. The number of carbonyl (C=O) groups is 1. The van der Waals surface area contributed by atoms with Gasteiger partial charge in [0.2, 0.25) is 0 Å². The molecule has 0 bridgehead atoms. The molecule has 96 valence electrons. The fraction of sp³-hybridized carbons (Fsp3) is 0.615. The van der Waals surface area contributed by atoms with Crippen molar-refractivity contribution in [2.75, 3.05) is 13.1 Å². The number of ether oxygens (including phenoxy) is 1. The van der Waals surface area contributed by atoms with E-state index in [-0.39, 0.29) is 12.0 Å². The largest absolute Gasteiger partial charge is 0.373 e. The summed E-state index contributed by atoms with van der Waals surface area (Å²) in [5, 5.41) is 0. The lowest BCUT2D eigenvalue weighted by Gasteiger charge is -2.33. The van der Waals surface area contributed by atoms with Crippen molar-refractivity contribution in [3.63, 3.8) is 0 Å². The van der Waals surface area contributed by atoms with Gasteiger partial charge in [-0.05, 0) is 31.7 Å². The van der Waals surface area contributed by atoms with Gasteiger partial charge in [-0.3, -0.25) is 4.79 Å². The van der Waals surface area contributed by atoms with Gasteiger partial charge < -0.3 is 9.64 Å². The Hall–Kier alpha value is -1.49. The second-order valence-electron chi connectivity index (χ2n) is 5.12. The van der Waals surface area contributed by atoms with Crippen molar-refractivity contribution in [1.82, 2.24) is 14.9 Å². The Morgan fingerprint density at radius 1 is 1.56 bits per heavy atom. The van der Waals surface area contributed by atoms with Crippen molar-refractivity contribution in [3.05, 3.63) is 24.3 Å².